The summed E-state index contributed by atoms with van der Waals surface area (Å²) in [4.78, 5) is 30.1. The summed E-state index contributed by atoms with van der Waals surface area (Å²) in [6.45, 7) is 5.80. The molecule has 6 nitrogen and oxygen atoms in total. The highest BCUT2D eigenvalue weighted by atomic mass is 16.2. The lowest BCUT2D eigenvalue weighted by Crippen LogP contribution is -2.33. The quantitative estimate of drug-likeness (QED) is 0.195. The van der Waals surface area contributed by atoms with Gasteiger partial charge in [0.25, 0.3) is 5.91 Å². The average Bonchev–Trinajstić information content (AvgIpc) is 2.90. The summed E-state index contributed by atoms with van der Waals surface area (Å²) < 4.78 is 0. The monoisotopic (exact) mass is 514 g/mol. The molecule has 1 aliphatic rings. The van der Waals surface area contributed by atoms with E-state index >= 15 is 0 Å². The second kappa shape index (κ2) is 19.1. The summed E-state index contributed by atoms with van der Waals surface area (Å²) in [6, 6.07) is 5.83. The number of hydrogen-bond acceptors (Lipinski definition) is 4. The summed E-state index contributed by atoms with van der Waals surface area (Å²) in [7, 11) is 4.08. The van der Waals surface area contributed by atoms with Crippen LogP contribution in [0.4, 0.5) is 11.4 Å². The van der Waals surface area contributed by atoms with Crippen LogP contribution in [0.15, 0.2) is 18.2 Å². The normalized spacial score (nSPS) is 13.7. The Labute approximate surface area is 226 Å². The number of piperidine rings is 1. The number of carbonyl (C=O) groups excluding carboxylic acids is 2. The Morgan fingerprint density at radius 2 is 1.46 bits per heavy atom. The van der Waals surface area contributed by atoms with E-state index in [2.05, 4.69) is 27.4 Å². The largest absolute Gasteiger partial charge is 0.371 e. The molecule has 210 valence electrons. The molecule has 0 bridgehead atoms. The van der Waals surface area contributed by atoms with Gasteiger partial charge in [-0.1, -0.05) is 71.1 Å². The van der Waals surface area contributed by atoms with Gasteiger partial charge in [0.15, 0.2) is 0 Å². The predicted molar refractivity (Wildman–Crippen MR) is 158 cm³/mol. The number of carbonyl (C=O) groups is 2. The minimum atomic E-state index is -0.0548. The van der Waals surface area contributed by atoms with E-state index in [-0.39, 0.29) is 11.8 Å². The van der Waals surface area contributed by atoms with Crippen LogP contribution in [0.3, 0.4) is 0 Å². The van der Waals surface area contributed by atoms with Gasteiger partial charge in [-0.15, -0.1) is 0 Å². The molecule has 0 radical (unpaired) electrons. The van der Waals surface area contributed by atoms with E-state index in [1.807, 2.05) is 32.3 Å². The maximum absolute atomic E-state index is 13.1. The first-order valence-corrected chi connectivity index (χ1v) is 15.1. The summed E-state index contributed by atoms with van der Waals surface area (Å²) in [5, 5.41) is 6.13. The molecule has 0 aromatic heterocycles. The lowest BCUT2D eigenvalue weighted by Gasteiger charge is -2.30. The Kier molecular flexibility index (Phi) is 16.0. The predicted octanol–water partition coefficient (Wildman–Crippen LogP) is 7.00. The van der Waals surface area contributed by atoms with Gasteiger partial charge in [-0.3, -0.25) is 9.59 Å². The zero-order valence-corrected chi connectivity index (χ0v) is 24.1. The number of benzene rings is 1. The fourth-order valence-corrected chi connectivity index (χ4v) is 5.07. The molecule has 0 atom stereocenters. The third kappa shape index (κ3) is 13.3. The molecule has 1 aromatic carbocycles. The van der Waals surface area contributed by atoms with Crippen molar-refractivity contribution in [3.05, 3.63) is 23.8 Å². The summed E-state index contributed by atoms with van der Waals surface area (Å²) in [5.41, 5.74) is 2.36. The average molecular weight is 515 g/mol. The zero-order chi connectivity index (χ0) is 26.7. The number of nitrogens with one attached hydrogen (secondary N) is 2. The highest BCUT2D eigenvalue weighted by Crippen LogP contribution is 2.27. The Bertz CT molecular complexity index is 774. The molecule has 37 heavy (non-hydrogen) atoms. The van der Waals surface area contributed by atoms with Crippen LogP contribution in [0.5, 0.6) is 0 Å². The Hall–Kier alpha value is -2.08. The van der Waals surface area contributed by atoms with E-state index < -0.39 is 0 Å². The van der Waals surface area contributed by atoms with E-state index in [0.717, 1.165) is 57.4 Å². The third-order valence-corrected chi connectivity index (χ3v) is 7.30. The number of amides is 2. The Balaban J connectivity index is 1.78. The smallest absolute Gasteiger partial charge is 0.253 e. The van der Waals surface area contributed by atoms with Crippen molar-refractivity contribution in [3.63, 3.8) is 0 Å². The van der Waals surface area contributed by atoms with E-state index in [1.165, 1.54) is 64.2 Å². The summed E-state index contributed by atoms with van der Waals surface area (Å²) in [5.74, 6) is -0.0141. The van der Waals surface area contributed by atoms with Crippen molar-refractivity contribution in [1.29, 1.82) is 0 Å². The van der Waals surface area contributed by atoms with Crippen LogP contribution < -0.4 is 15.5 Å². The van der Waals surface area contributed by atoms with Gasteiger partial charge >= 0.3 is 0 Å². The van der Waals surface area contributed by atoms with E-state index in [1.54, 1.807) is 0 Å². The molecule has 1 saturated heterocycles. The highest BCUT2D eigenvalue weighted by molar-refractivity contribution is 6.02. The van der Waals surface area contributed by atoms with Gasteiger partial charge in [0.05, 0.1) is 5.56 Å². The molecule has 2 N–H and O–H groups in total. The van der Waals surface area contributed by atoms with Gasteiger partial charge in [-0.05, 0) is 70.9 Å². The fourth-order valence-electron chi connectivity index (χ4n) is 5.07. The first-order valence-electron chi connectivity index (χ1n) is 15.1. The number of unbranched alkanes of at least 4 members (excludes halogenated alkanes) is 10. The molecule has 0 saturated carbocycles. The van der Waals surface area contributed by atoms with Gasteiger partial charge in [0.2, 0.25) is 5.91 Å². The minimum absolute atomic E-state index is 0.0407. The number of nitrogens with zero attached hydrogens (tertiary/aromatic N) is 2. The Morgan fingerprint density at radius 1 is 0.838 bits per heavy atom. The summed E-state index contributed by atoms with van der Waals surface area (Å²) in [6.07, 6.45) is 19.0. The van der Waals surface area contributed by atoms with Crippen molar-refractivity contribution in [3.8, 4) is 0 Å². The van der Waals surface area contributed by atoms with Crippen molar-refractivity contribution in [1.82, 2.24) is 10.2 Å². The molecule has 2 rings (SSSR count). The maximum atomic E-state index is 13.1. The lowest BCUT2D eigenvalue weighted by atomic mass is 10.0. The maximum Gasteiger partial charge on any atom is 0.253 e. The van der Waals surface area contributed by atoms with E-state index in [9.17, 15) is 9.59 Å². The van der Waals surface area contributed by atoms with Crippen LogP contribution in [-0.4, -0.2) is 57.0 Å². The van der Waals surface area contributed by atoms with Crippen molar-refractivity contribution in [2.45, 2.75) is 110 Å². The third-order valence-electron chi connectivity index (χ3n) is 7.30. The van der Waals surface area contributed by atoms with Crippen LogP contribution in [0.25, 0.3) is 0 Å². The van der Waals surface area contributed by atoms with Crippen molar-refractivity contribution < 1.29 is 9.59 Å². The van der Waals surface area contributed by atoms with Gasteiger partial charge in [-0.25, -0.2) is 0 Å². The number of hydrogen-bond donors (Lipinski definition) is 2. The van der Waals surface area contributed by atoms with Crippen LogP contribution >= 0.6 is 0 Å². The first kappa shape index (κ1) is 31.1. The van der Waals surface area contributed by atoms with Gasteiger partial charge in [0.1, 0.15) is 0 Å². The van der Waals surface area contributed by atoms with Crippen molar-refractivity contribution in [2.75, 3.05) is 50.5 Å². The first-order chi connectivity index (χ1) is 18.0. The Morgan fingerprint density at radius 3 is 2.08 bits per heavy atom. The minimum Gasteiger partial charge on any atom is -0.371 e. The van der Waals surface area contributed by atoms with Crippen molar-refractivity contribution in [2.24, 2.45) is 0 Å². The van der Waals surface area contributed by atoms with E-state index in [0.29, 0.717) is 24.2 Å². The molecule has 1 heterocycles. The van der Waals surface area contributed by atoms with Gasteiger partial charge < -0.3 is 20.4 Å². The second-order valence-corrected chi connectivity index (χ2v) is 11.0. The van der Waals surface area contributed by atoms with Crippen LogP contribution in [-0.2, 0) is 4.79 Å². The molecular formula is C31H54N4O2. The van der Waals surface area contributed by atoms with Gasteiger partial charge in [0, 0.05) is 37.4 Å². The molecule has 1 fully saturated rings. The van der Waals surface area contributed by atoms with Gasteiger partial charge in [-0.2, -0.15) is 0 Å². The molecule has 0 spiro atoms. The topological polar surface area (TPSA) is 64.7 Å². The molecule has 6 heteroatoms. The number of rotatable bonds is 19. The van der Waals surface area contributed by atoms with E-state index in [4.69, 9.17) is 0 Å². The van der Waals surface area contributed by atoms with Crippen LogP contribution in [0.1, 0.15) is 120 Å². The van der Waals surface area contributed by atoms with Crippen LogP contribution in [0, 0.1) is 0 Å². The fraction of sp³-hybridized carbons (Fsp3) is 0.742. The molecule has 0 aliphatic carbocycles. The molecule has 1 aliphatic heterocycles. The standard InChI is InChI=1S/C31H54N4O2/c1-4-5-6-7-8-9-10-11-12-13-15-19-30(36)33-27-20-21-29(35-24-16-14-17-25-35)28(26-27)31(37)32-22-18-23-34(2)3/h20-21,26H,4-19,22-25H2,1-3H3,(H,32,37)(H,33,36). The molecular weight excluding hydrogens is 460 g/mol. The summed E-state index contributed by atoms with van der Waals surface area (Å²) >= 11 is 0. The molecule has 1 aromatic rings. The van der Waals surface area contributed by atoms with Crippen LogP contribution in [0.2, 0.25) is 0 Å². The SMILES string of the molecule is CCCCCCCCCCCCCC(=O)Nc1ccc(N2CCCCC2)c(C(=O)NCCCN(C)C)c1. The second-order valence-electron chi connectivity index (χ2n) is 11.0. The lowest BCUT2D eigenvalue weighted by molar-refractivity contribution is -0.116. The zero-order valence-electron chi connectivity index (χ0n) is 24.1. The number of anilines is 2. The molecule has 0 unspecified atom stereocenters. The highest BCUT2D eigenvalue weighted by Gasteiger charge is 2.19. The molecule has 2 amide bonds. The van der Waals surface area contributed by atoms with Crippen molar-refractivity contribution >= 4 is 23.2 Å².